The maximum Gasteiger partial charge on any atom is 0.287 e. The van der Waals surface area contributed by atoms with Gasteiger partial charge in [-0.15, -0.1) is 0 Å². The molecule has 104 valence electrons. The number of amides is 1. The predicted molar refractivity (Wildman–Crippen MR) is 73.5 cm³/mol. The second-order valence-electron chi connectivity index (χ2n) is 4.91. The first-order valence-electron chi connectivity index (χ1n) is 6.29. The Bertz CT molecular complexity index is 537. The fourth-order valence-electron chi connectivity index (χ4n) is 1.62. The highest BCUT2D eigenvalue weighted by atomic mass is 35.5. The SMILES string of the molecule is CC(C)n1ncc(NCC(=O)NC2CC2)c(Cl)c1=O. The third-order valence-corrected chi connectivity index (χ3v) is 3.18. The van der Waals surface area contributed by atoms with E-state index in [1.54, 1.807) is 0 Å². The number of rotatable bonds is 5. The van der Waals surface area contributed by atoms with E-state index >= 15 is 0 Å². The third kappa shape index (κ3) is 3.47. The summed E-state index contributed by atoms with van der Waals surface area (Å²) in [7, 11) is 0. The Morgan fingerprint density at radius 3 is 2.84 bits per heavy atom. The molecular formula is C12H17ClN4O2. The van der Waals surface area contributed by atoms with Crippen LogP contribution in [0.15, 0.2) is 11.0 Å². The summed E-state index contributed by atoms with van der Waals surface area (Å²) in [4.78, 5) is 23.4. The van der Waals surface area contributed by atoms with E-state index in [0.29, 0.717) is 11.7 Å². The van der Waals surface area contributed by atoms with Crippen molar-refractivity contribution >= 4 is 23.2 Å². The Labute approximate surface area is 116 Å². The fourth-order valence-corrected chi connectivity index (χ4v) is 1.82. The van der Waals surface area contributed by atoms with Crippen molar-refractivity contribution < 1.29 is 4.79 Å². The molecule has 2 N–H and O–H groups in total. The van der Waals surface area contributed by atoms with Crippen LogP contribution in [0.25, 0.3) is 0 Å². The van der Waals surface area contributed by atoms with E-state index in [0.717, 1.165) is 12.8 Å². The molecule has 1 amide bonds. The third-order valence-electron chi connectivity index (χ3n) is 2.81. The van der Waals surface area contributed by atoms with Crippen LogP contribution in [0.2, 0.25) is 5.02 Å². The van der Waals surface area contributed by atoms with Crippen molar-refractivity contribution in [3.8, 4) is 0 Å². The number of halogens is 1. The Morgan fingerprint density at radius 2 is 2.26 bits per heavy atom. The molecule has 2 rings (SSSR count). The van der Waals surface area contributed by atoms with Gasteiger partial charge in [0.15, 0.2) is 0 Å². The lowest BCUT2D eigenvalue weighted by atomic mass is 10.4. The minimum absolute atomic E-state index is 0.0581. The molecule has 0 radical (unpaired) electrons. The summed E-state index contributed by atoms with van der Waals surface area (Å²) in [6.45, 7) is 3.78. The van der Waals surface area contributed by atoms with E-state index < -0.39 is 0 Å². The molecule has 0 bridgehead atoms. The first-order valence-corrected chi connectivity index (χ1v) is 6.67. The summed E-state index contributed by atoms with van der Waals surface area (Å²) < 4.78 is 1.30. The topological polar surface area (TPSA) is 76.0 Å². The van der Waals surface area contributed by atoms with Crippen LogP contribution in [0.5, 0.6) is 0 Å². The number of carbonyl (C=O) groups is 1. The van der Waals surface area contributed by atoms with E-state index in [1.165, 1.54) is 10.9 Å². The number of carbonyl (C=O) groups excluding carboxylic acids is 1. The molecule has 1 aliphatic rings. The number of aromatic nitrogens is 2. The molecule has 0 spiro atoms. The molecule has 1 aromatic heterocycles. The average Bonchev–Trinajstić information content (AvgIpc) is 3.14. The van der Waals surface area contributed by atoms with Gasteiger partial charge in [-0.3, -0.25) is 9.59 Å². The Balaban J connectivity index is 2.02. The number of anilines is 1. The molecule has 1 fully saturated rings. The predicted octanol–water partition coefficient (Wildman–Crippen LogP) is 1.17. The molecule has 1 aliphatic carbocycles. The van der Waals surface area contributed by atoms with Crippen molar-refractivity contribution in [2.24, 2.45) is 0 Å². The standard InChI is InChI=1S/C12H17ClN4O2/c1-7(2)17-12(19)11(13)9(5-15-17)14-6-10(18)16-8-3-4-8/h5,7-8,14H,3-4,6H2,1-2H3,(H,16,18). The molecule has 0 aromatic carbocycles. The number of hydrogen-bond donors (Lipinski definition) is 2. The van der Waals surface area contributed by atoms with E-state index in [4.69, 9.17) is 11.6 Å². The zero-order chi connectivity index (χ0) is 14.0. The van der Waals surface area contributed by atoms with E-state index in [-0.39, 0.29) is 29.1 Å². The van der Waals surface area contributed by atoms with Crippen LogP contribution in [-0.4, -0.2) is 28.3 Å². The van der Waals surface area contributed by atoms with Gasteiger partial charge in [0.2, 0.25) is 5.91 Å². The van der Waals surface area contributed by atoms with Crippen LogP contribution in [-0.2, 0) is 4.79 Å². The fraction of sp³-hybridized carbons (Fsp3) is 0.583. The first-order chi connectivity index (χ1) is 8.99. The van der Waals surface area contributed by atoms with Crippen molar-refractivity contribution in [2.75, 3.05) is 11.9 Å². The molecular weight excluding hydrogens is 268 g/mol. The monoisotopic (exact) mass is 284 g/mol. The van der Waals surface area contributed by atoms with Gasteiger partial charge in [0, 0.05) is 6.04 Å². The van der Waals surface area contributed by atoms with E-state index in [1.807, 2.05) is 13.8 Å². The van der Waals surface area contributed by atoms with Crippen LogP contribution in [0.3, 0.4) is 0 Å². The highest BCUT2D eigenvalue weighted by molar-refractivity contribution is 6.33. The van der Waals surface area contributed by atoms with Gasteiger partial charge < -0.3 is 10.6 Å². The van der Waals surface area contributed by atoms with Crippen LogP contribution in [0.1, 0.15) is 32.7 Å². The van der Waals surface area contributed by atoms with Crippen molar-refractivity contribution in [3.05, 3.63) is 21.6 Å². The van der Waals surface area contributed by atoms with Crippen LogP contribution in [0, 0.1) is 0 Å². The van der Waals surface area contributed by atoms with Gasteiger partial charge >= 0.3 is 0 Å². The summed E-state index contributed by atoms with van der Waals surface area (Å²) in [5.74, 6) is -0.105. The number of nitrogens with one attached hydrogen (secondary N) is 2. The lowest BCUT2D eigenvalue weighted by Crippen LogP contribution is -2.32. The summed E-state index contributed by atoms with van der Waals surface area (Å²) in [6, 6.07) is 0.258. The minimum Gasteiger partial charge on any atom is -0.373 e. The normalized spacial score (nSPS) is 14.5. The zero-order valence-electron chi connectivity index (χ0n) is 10.9. The van der Waals surface area contributed by atoms with Gasteiger partial charge in [-0.2, -0.15) is 5.10 Å². The Kier molecular flexibility index (Phi) is 4.09. The molecule has 6 nitrogen and oxygen atoms in total. The lowest BCUT2D eigenvalue weighted by molar-refractivity contribution is -0.119. The molecule has 7 heteroatoms. The van der Waals surface area contributed by atoms with Crippen LogP contribution in [0.4, 0.5) is 5.69 Å². The Morgan fingerprint density at radius 1 is 1.58 bits per heavy atom. The Hall–Kier alpha value is -1.56. The van der Waals surface area contributed by atoms with Gasteiger partial charge in [-0.25, -0.2) is 4.68 Å². The van der Waals surface area contributed by atoms with Crippen molar-refractivity contribution in [1.82, 2.24) is 15.1 Å². The van der Waals surface area contributed by atoms with E-state index in [9.17, 15) is 9.59 Å². The highest BCUT2D eigenvalue weighted by Crippen LogP contribution is 2.19. The van der Waals surface area contributed by atoms with Gasteiger partial charge in [0.05, 0.1) is 24.5 Å². The van der Waals surface area contributed by atoms with Gasteiger partial charge in [-0.1, -0.05) is 11.6 Å². The van der Waals surface area contributed by atoms with Crippen LogP contribution < -0.4 is 16.2 Å². The molecule has 1 heterocycles. The molecule has 19 heavy (non-hydrogen) atoms. The summed E-state index contributed by atoms with van der Waals surface area (Å²) in [6.07, 6.45) is 3.55. The smallest absolute Gasteiger partial charge is 0.287 e. The van der Waals surface area contributed by atoms with Crippen LogP contribution >= 0.6 is 11.6 Å². The van der Waals surface area contributed by atoms with E-state index in [2.05, 4.69) is 15.7 Å². The van der Waals surface area contributed by atoms with Gasteiger partial charge in [0.1, 0.15) is 5.02 Å². The summed E-state index contributed by atoms with van der Waals surface area (Å²) in [5, 5.41) is 9.75. The van der Waals surface area contributed by atoms with Gasteiger partial charge in [0.25, 0.3) is 5.56 Å². The molecule has 0 aliphatic heterocycles. The first kappa shape index (κ1) is 13.9. The lowest BCUT2D eigenvalue weighted by Gasteiger charge is -2.12. The van der Waals surface area contributed by atoms with Crippen molar-refractivity contribution in [1.29, 1.82) is 0 Å². The molecule has 0 saturated heterocycles. The zero-order valence-corrected chi connectivity index (χ0v) is 11.7. The average molecular weight is 285 g/mol. The second kappa shape index (κ2) is 5.61. The molecule has 0 atom stereocenters. The quantitative estimate of drug-likeness (QED) is 0.851. The number of hydrogen-bond acceptors (Lipinski definition) is 4. The van der Waals surface area contributed by atoms with Crippen molar-refractivity contribution in [2.45, 2.75) is 38.8 Å². The summed E-state index contributed by atoms with van der Waals surface area (Å²) >= 11 is 5.98. The molecule has 1 aromatic rings. The van der Waals surface area contributed by atoms with Gasteiger partial charge in [-0.05, 0) is 26.7 Å². The maximum absolute atomic E-state index is 11.9. The molecule has 0 unspecified atom stereocenters. The molecule has 1 saturated carbocycles. The minimum atomic E-state index is -0.357. The number of nitrogens with zero attached hydrogens (tertiary/aromatic N) is 2. The summed E-state index contributed by atoms with van der Waals surface area (Å²) in [5.41, 5.74) is 0.0266. The highest BCUT2D eigenvalue weighted by Gasteiger charge is 2.23. The maximum atomic E-state index is 11.9. The largest absolute Gasteiger partial charge is 0.373 e. The van der Waals surface area contributed by atoms with Crippen molar-refractivity contribution in [3.63, 3.8) is 0 Å². The second-order valence-corrected chi connectivity index (χ2v) is 5.29.